The van der Waals surface area contributed by atoms with Crippen molar-refractivity contribution in [1.29, 1.82) is 0 Å². The summed E-state index contributed by atoms with van der Waals surface area (Å²) in [7, 11) is 0. The van der Waals surface area contributed by atoms with E-state index in [2.05, 4.69) is 0 Å². The molecule has 2 rings (SSSR count). The van der Waals surface area contributed by atoms with Crippen LogP contribution in [0.5, 0.6) is 0 Å². The average Bonchev–Trinajstić information content (AvgIpc) is 2.65. The van der Waals surface area contributed by atoms with Crippen molar-refractivity contribution in [2.45, 2.75) is 13.8 Å². The molecule has 0 aliphatic rings. The van der Waals surface area contributed by atoms with E-state index in [4.69, 9.17) is 0 Å². The van der Waals surface area contributed by atoms with Crippen LogP contribution in [0.4, 0.5) is 0 Å². The molecule has 0 N–H and O–H groups in total. The number of hydrogen-bond acceptors (Lipinski definition) is 2. The van der Waals surface area contributed by atoms with Gasteiger partial charge in [0.25, 0.3) is 0 Å². The number of carbonyl (C=O) groups excluding carboxylic acids is 1. The highest BCUT2D eigenvalue weighted by molar-refractivity contribution is 7.10. The molecule has 2 heteroatoms. The van der Waals surface area contributed by atoms with Gasteiger partial charge in [-0.3, -0.25) is 4.79 Å². The fourth-order valence-electron chi connectivity index (χ4n) is 1.43. The third kappa shape index (κ3) is 2.16. The number of hydrogen-bond donors (Lipinski definition) is 0. The molecule has 0 atom stereocenters. The van der Waals surface area contributed by atoms with Crippen molar-refractivity contribution in [2.75, 3.05) is 0 Å². The summed E-state index contributed by atoms with van der Waals surface area (Å²) in [5.74, 6) is 0.111. The highest BCUT2D eigenvalue weighted by Gasteiger charge is 2.09. The van der Waals surface area contributed by atoms with Crippen LogP contribution in [0.25, 0.3) is 0 Å². The molecule has 0 radical (unpaired) electrons. The Kier molecular flexibility index (Phi) is 2.69. The predicted molar refractivity (Wildman–Crippen MR) is 63.7 cm³/mol. The van der Waals surface area contributed by atoms with Crippen LogP contribution in [0.15, 0.2) is 35.7 Å². The first-order valence-corrected chi connectivity index (χ1v) is 5.71. The lowest BCUT2D eigenvalue weighted by atomic mass is 10.0. The molecule has 0 aliphatic carbocycles. The second-order valence-corrected chi connectivity index (χ2v) is 4.76. The van der Waals surface area contributed by atoms with E-state index in [9.17, 15) is 4.79 Å². The molecule has 0 bridgehead atoms. The number of benzene rings is 1. The summed E-state index contributed by atoms with van der Waals surface area (Å²) >= 11 is 1.61. The highest BCUT2D eigenvalue weighted by Crippen LogP contribution is 2.17. The monoisotopic (exact) mass is 216 g/mol. The normalized spacial score (nSPS) is 10.3. The van der Waals surface area contributed by atoms with E-state index in [1.807, 2.05) is 49.6 Å². The molecule has 0 fully saturated rings. The van der Waals surface area contributed by atoms with Crippen molar-refractivity contribution < 1.29 is 4.79 Å². The van der Waals surface area contributed by atoms with Crippen molar-refractivity contribution >= 4 is 17.1 Å². The van der Waals surface area contributed by atoms with Crippen LogP contribution in [0.1, 0.15) is 26.4 Å². The Hall–Kier alpha value is -1.41. The van der Waals surface area contributed by atoms with Gasteiger partial charge in [-0.25, -0.2) is 0 Å². The maximum Gasteiger partial charge on any atom is 0.193 e. The predicted octanol–water partition coefficient (Wildman–Crippen LogP) is 3.60. The van der Waals surface area contributed by atoms with E-state index >= 15 is 0 Å². The molecular weight excluding hydrogens is 204 g/mol. The van der Waals surface area contributed by atoms with Crippen LogP contribution in [-0.2, 0) is 0 Å². The molecule has 1 aromatic heterocycles. The van der Waals surface area contributed by atoms with E-state index in [1.165, 1.54) is 10.4 Å². The molecule has 76 valence electrons. The first kappa shape index (κ1) is 10.1. The molecular formula is C13H12OS. The minimum atomic E-state index is 0.111. The summed E-state index contributed by atoms with van der Waals surface area (Å²) in [6.07, 6.45) is 0. The third-order valence-electron chi connectivity index (χ3n) is 2.31. The quantitative estimate of drug-likeness (QED) is 0.701. The Labute approximate surface area is 93.4 Å². The first-order valence-electron chi connectivity index (χ1n) is 4.83. The van der Waals surface area contributed by atoms with Gasteiger partial charge < -0.3 is 0 Å². The maximum atomic E-state index is 12.0. The van der Waals surface area contributed by atoms with Gasteiger partial charge in [-0.1, -0.05) is 29.8 Å². The van der Waals surface area contributed by atoms with Crippen molar-refractivity contribution in [1.82, 2.24) is 0 Å². The van der Waals surface area contributed by atoms with Crippen LogP contribution in [0.3, 0.4) is 0 Å². The molecule has 2 aromatic rings. The second-order valence-electron chi connectivity index (χ2n) is 3.64. The van der Waals surface area contributed by atoms with E-state index in [1.54, 1.807) is 11.3 Å². The lowest BCUT2D eigenvalue weighted by Crippen LogP contribution is -1.98. The van der Waals surface area contributed by atoms with Crippen molar-refractivity contribution in [2.24, 2.45) is 0 Å². The van der Waals surface area contributed by atoms with Gasteiger partial charge in [-0.05, 0) is 19.9 Å². The molecule has 1 nitrogen and oxygen atoms in total. The summed E-state index contributed by atoms with van der Waals surface area (Å²) < 4.78 is 0. The summed E-state index contributed by atoms with van der Waals surface area (Å²) in [6.45, 7) is 4.03. The van der Waals surface area contributed by atoms with E-state index in [0.29, 0.717) is 0 Å². The third-order valence-corrected chi connectivity index (χ3v) is 3.17. The van der Waals surface area contributed by atoms with Gasteiger partial charge in [0.1, 0.15) is 0 Å². The fraction of sp³-hybridized carbons (Fsp3) is 0.154. The SMILES string of the molecule is Cc1ccc(C(=O)c2csc(C)c2)cc1. The lowest BCUT2D eigenvalue weighted by Gasteiger charge is -1.98. The molecule has 15 heavy (non-hydrogen) atoms. The number of ketones is 1. The minimum Gasteiger partial charge on any atom is -0.289 e. The molecule has 0 aliphatic heterocycles. The number of thiophene rings is 1. The van der Waals surface area contributed by atoms with E-state index in [0.717, 1.165) is 11.1 Å². The lowest BCUT2D eigenvalue weighted by molar-refractivity contribution is 0.103. The topological polar surface area (TPSA) is 17.1 Å². The van der Waals surface area contributed by atoms with Crippen LogP contribution in [0.2, 0.25) is 0 Å². The fourth-order valence-corrected chi connectivity index (χ4v) is 2.12. The summed E-state index contributed by atoms with van der Waals surface area (Å²) in [5, 5.41) is 1.91. The van der Waals surface area contributed by atoms with Gasteiger partial charge >= 0.3 is 0 Å². The van der Waals surface area contributed by atoms with E-state index in [-0.39, 0.29) is 5.78 Å². The van der Waals surface area contributed by atoms with Gasteiger partial charge in [0, 0.05) is 21.4 Å². The van der Waals surface area contributed by atoms with Crippen LogP contribution >= 0.6 is 11.3 Å². The van der Waals surface area contributed by atoms with Gasteiger partial charge in [-0.15, -0.1) is 11.3 Å². The van der Waals surface area contributed by atoms with Crippen molar-refractivity contribution in [3.63, 3.8) is 0 Å². The molecule has 0 saturated heterocycles. The van der Waals surface area contributed by atoms with Crippen molar-refractivity contribution in [3.05, 3.63) is 57.3 Å². The zero-order chi connectivity index (χ0) is 10.8. The second kappa shape index (κ2) is 3.99. The highest BCUT2D eigenvalue weighted by atomic mass is 32.1. The zero-order valence-corrected chi connectivity index (χ0v) is 9.60. The molecule has 0 unspecified atom stereocenters. The Morgan fingerprint density at radius 2 is 1.73 bits per heavy atom. The standard InChI is InChI=1S/C13H12OS/c1-9-3-5-11(6-4-9)13(14)12-7-10(2)15-8-12/h3-8H,1-2H3. The zero-order valence-electron chi connectivity index (χ0n) is 8.78. The van der Waals surface area contributed by atoms with Gasteiger partial charge in [0.05, 0.1) is 0 Å². The smallest absolute Gasteiger partial charge is 0.193 e. The van der Waals surface area contributed by atoms with Crippen molar-refractivity contribution in [3.8, 4) is 0 Å². The van der Waals surface area contributed by atoms with Gasteiger partial charge in [0.2, 0.25) is 0 Å². The molecule has 0 amide bonds. The summed E-state index contributed by atoms with van der Waals surface area (Å²) in [4.78, 5) is 13.1. The summed E-state index contributed by atoms with van der Waals surface area (Å²) in [6, 6.07) is 9.63. The maximum absolute atomic E-state index is 12.0. The Morgan fingerprint density at radius 1 is 1.07 bits per heavy atom. The Bertz CT molecular complexity index is 479. The number of rotatable bonds is 2. The number of carbonyl (C=O) groups is 1. The summed E-state index contributed by atoms with van der Waals surface area (Å²) in [5.41, 5.74) is 2.73. The van der Waals surface area contributed by atoms with Crippen LogP contribution in [0, 0.1) is 13.8 Å². The van der Waals surface area contributed by atoms with E-state index < -0.39 is 0 Å². The molecule has 1 aromatic carbocycles. The Morgan fingerprint density at radius 3 is 2.27 bits per heavy atom. The molecule has 1 heterocycles. The largest absolute Gasteiger partial charge is 0.289 e. The minimum absolute atomic E-state index is 0.111. The molecule has 0 spiro atoms. The Balaban J connectivity index is 2.32. The van der Waals surface area contributed by atoms with Crippen LogP contribution in [-0.4, -0.2) is 5.78 Å². The first-order chi connectivity index (χ1) is 7.16. The average molecular weight is 216 g/mol. The van der Waals surface area contributed by atoms with Gasteiger partial charge in [0.15, 0.2) is 5.78 Å². The van der Waals surface area contributed by atoms with Gasteiger partial charge in [-0.2, -0.15) is 0 Å². The van der Waals surface area contributed by atoms with Crippen LogP contribution < -0.4 is 0 Å². The number of aryl methyl sites for hydroxylation is 2. The molecule has 0 saturated carbocycles.